The van der Waals surface area contributed by atoms with Gasteiger partial charge in [-0.25, -0.2) is 0 Å². The highest BCUT2D eigenvalue weighted by Gasteiger charge is 2.41. The Hall–Kier alpha value is -0.900. The number of fused-ring (bicyclic) bond motifs is 2. The minimum Gasteiger partial charge on any atom is -0.305 e. The molecule has 4 nitrogen and oxygen atoms in total. The first-order valence-corrected chi connectivity index (χ1v) is 6.69. The van der Waals surface area contributed by atoms with Crippen molar-refractivity contribution in [3.05, 3.63) is 0 Å². The molecular weight excluding hydrogens is 216 g/mol. The summed E-state index contributed by atoms with van der Waals surface area (Å²) in [7, 11) is 1.57. The Balaban J connectivity index is 1.52. The van der Waals surface area contributed by atoms with E-state index in [1.807, 2.05) is 0 Å². The molecule has 4 unspecified atom stereocenters. The highest BCUT2D eigenvalue weighted by atomic mass is 16.2. The second-order valence-corrected chi connectivity index (χ2v) is 5.89. The smallest absolute Gasteiger partial charge is 0.246 e. The standard InChI is InChI=1S/C13H20N2O2/c1-15-12(16)6-11(13(15)17)14-7-10-5-8-2-3-9(10)4-8/h8-11,14H,2-7H2,1H3. The maximum Gasteiger partial charge on any atom is 0.246 e. The van der Waals surface area contributed by atoms with Crippen molar-refractivity contribution >= 4 is 11.8 Å². The van der Waals surface area contributed by atoms with Crippen LogP contribution in [0.5, 0.6) is 0 Å². The van der Waals surface area contributed by atoms with Crippen molar-refractivity contribution in [3.63, 3.8) is 0 Å². The van der Waals surface area contributed by atoms with Crippen LogP contribution in [0.25, 0.3) is 0 Å². The zero-order valence-electron chi connectivity index (χ0n) is 10.3. The zero-order valence-corrected chi connectivity index (χ0v) is 10.3. The van der Waals surface area contributed by atoms with Crippen molar-refractivity contribution in [2.45, 2.75) is 38.1 Å². The van der Waals surface area contributed by atoms with Crippen LogP contribution in [-0.4, -0.2) is 36.3 Å². The fourth-order valence-corrected chi connectivity index (χ4v) is 3.84. The van der Waals surface area contributed by atoms with Gasteiger partial charge in [-0.05, 0) is 43.6 Å². The number of imide groups is 1. The number of amides is 2. The molecule has 0 aromatic heterocycles. The monoisotopic (exact) mass is 236 g/mol. The van der Waals surface area contributed by atoms with Crippen LogP contribution in [0.2, 0.25) is 0 Å². The summed E-state index contributed by atoms with van der Waals surface area (Å²) in [6, 6.07) is -0.258. The van der Waals surface area contributed by atoms with Gasteiger partial charge in [-0.15, -0.1) is 0 Å². The van der Waals surface area contributed by atoms with Crippen LogP contribution in [0, 0.1) is 17.8 Å². The van der Waals surface area contributed by atoms with Gasteiger partial charge in [-0.1, -0.05) is 6.42 Å². The third-order valence-electron chi connectivity index (χ3n) is 4.89. The molecule has 94 valence electrons. The average molecular weight is 236 g/mol. The Morgan fingerprint density at radius 2 is 2.12 bits per heavy atom. The van der Waals surface area contributed by atoms with E-state index >= 15 is 0 Å². The molecule has 2 saturated carbocycles. The molecule has 17 heavy (non-hydrogen) atoms. The van der Waals surface area contributed by atoms with Crippen LogP contribution in [0.3, 0.4) is 0 Å². The lowest BCUT2D eigenvalue weighted by Crippen LogP contribution is -2.40. The second kappa shape index (κ2) is 4.09. The number of hydrogen-bond acceptors (Lipinski definition) is 3. The van der Waals surface area contributed by atoms with Gasteiger partial charge in [-0.2, -0.15) is 0 Å². The number of carbonyl (C=O) groups excluding carboxylic acids is 2. The van der Waals surface area contributed by atoms with E-state index in [2.05, 4.69) is 5.32 Å². The molecule has 0 aromatic carbocycles. The van der Waals surface area contributed by atoms with Crippen molar-refractivity contribution in [3.8, 4) is 0 Å². The molecular formula is C13H20N2O2. The first kappa shape index (κ1) is 11.2. The van der Waals surface area contributed by atoms with Gasteiger partial charge in [0, 0.05) is 7.05 Å². The molecule has 0 aromatic rings. The molecule has 3 fully saturated rings. The SMILES string of the molecule is CN1C(=O)CC(NCC2CC3CCC2C3)C1=O. The predicted octanol–water partition coefficient (Wildman–Crippen LogP) is 0.769. The minimum atomic E-state index is -0.258. The van der Waals surface area contributed by atoms with E-state index in [4.69, 9.17) is 0 Å². The molecule has 1 N–H and O–H groups in total. The number of nitrogens with zero attached hydrogens (tertiary/aromatic N) is 1. The molecule has 2 aliphatic carbocycles. The van der Waals surface area contributed by atoms with Crippen molar-refractivity contribution in [1.82, 2.24) is 10.2 Å². The summed E-state index contributed by atoms with van der Waals surface area (Å²) >= 11 is 0. The quantitative estimate of drug-likeness (QED) is 0.736. The number of rotatable bonds is 3. The number of likely N-dealkylation sites (tertiary alicyclic amines) is 1. The van der Waals surface area contributed by atoms with Crippen molar-refractivity contribution < 1.29 is 9.59 Å². The number of hydrogen-bond donors (Lipinski definition) is 1. The van der Waals surface area contributed by atoms with Crippen LogP contribution in [0.15, 0.2) is 0 Å². The van der Waals surface area contributed by atoms with Crippen LogP contribution in [0.4, 0.5) is 0 Å². The predicted molar refractivity (Wildman–Crippen MR) is 63.1 cm³/mol. The van der Waals surface area contributed by atoms with E-state index in [1.165, 1.54) is 30.6 Å². The first-order chi connectivity index (χ1) is 8.15. The Kier molecular flexibility index (Phi) is 2.69. The lowest BCUT2D eigenvalue weighted by Gasteiger charge is -2.23. The van der Waals surface area contributed by atoms with Crippen LogP contribution in [-0.2, 0) is 9.59 Å². The Morgan fingerprint density at radius 1 is 1.29 bits per heavy atom. The zero-order chi connectivity index (χ0) is 12.0. The molecule has 1 heterocycles. The van der Waals surface area contributed by atoms with Gasteiger partial charge in [0.2, 0.25) is 11.8 Å². The highest BCUT2D eigenvalue weighted by molar-refractivity contribution is 6.05. The topological polar surface area (TPSA) is 49.4 Å². The molecule has 0 radical (unpaired) electrons. The lowest BCUT2D eigenvalue weighted by atomic mass is 9.88. The normalized spacial score (nSPS) is 40.6. The summed E-state index contributed by atoms with van der Waals surface area (Å²) in [4.78, 5) is 24.4. The van der Waals surface area contributed by atoms with Gasteiger partial charge in [0.25, 0.3) is 0 Å². The summed E-state index contributed by atoms with van der Waals surface area (Å²) in [6.07, 6.45) is 5.83. The Bertz CT molecular complexity index is 355. The Labute approximate surface area is 102 Å². The molecule has 3 aliphatic rings. The second-order valence-electron chi connectivity index (χ2n) is 5.89. The van der Waals surface area contributed by atoms with E-state index in [9.17, 15) is 9.59 Å². The van der Waals surface area contributed by atoms with Gasteiger partial charge in [0.05, 0.1) is 12.5 Å². The number of carbonyl (C=O) groups is 2. The Morgan fingerprint density at radius 3 is 2.65 bits per heavy atom. The molecule has 2 amide bonds. The maximum atomic E-state index is 11.7. The van der Waals surface area contributed by atoms with E-state index in [-0.39, 0.29) is 17.9 Å². The lowest BCUT2D eigenvalue weighted by molar-refractivity contribution is -0.137. The maximum absolute atomic E-state index is 11.7. The van der Waals surface area contributed by atoms with Gasteiger partial charge in [0.1, 0.15) is 0 Å². The van der Waals surface area contributed by atoms with Crippen LogP contribution < -0.4 is 5.32 Å². The largest absolute Gasteiger partial charge is 0.305 e. The number of nitrogens with one attached hydrogen (secondary N) is 1. The van der Waals surface area contributed by atoms with Gasteiger partial charge >= 0.3 is 0 Å². The van der Waals surface area contributed by atoms with Crippen molar-refractivity contribution in [1.29, 1.82) is 0 Å². The molecule has 2 bridgehead atoms. The summed E-state index contributed by atoms with van der Waals surface area (Å²) in [5.41, 5.74) is 0. The first-order valence-electron chi connectivity index (χ1n) is 6.69. The third kappa shape index (κ3) is 1.88. The van der Waals surface area contributed by atoms with Gasteiger partial charge in [0.15, 0.2) is 0 Å². The molecule has 3 rings (SSSR count). The fourth-order valence-electron chi connectivity index (χ4n) is 3.84. The third-order valence-corrected chi connectivity index (χ3v) is 4.89. The molecule has 0 spiro atoms. The van der Waals surface area contributed by atoms with E-state index in [1.54, 1.807) is 7.05 Å². The number of likely N-dealkylation sites (N-methyl/N-ethyl adjacent to an activating group) is 1. The van der Waals surface area contributed by atoms with Crippen molar-refractivity contribution in [2.75, 3.05) is 13.6 Å². The van der Waals surface area contributed by atoms with Crippen LogP contribution >= 0.6 is 0 Å². The summed E-state index contributed by atoms with van der Waals surface area (Å²) in [5, 5.41) is 3.31. The minimum absolute atomic E-state index is 0.0551. The summed E-state index contributed by atoms with van der Waals surface area (Å²) in [6.45, 7) is 0.915. The highest BCUT2D eigenvalue weighted by Crippen LogP contribution is 2.47. The fraction of sp³-hybridized carbons (Fsp3) is 0.846. The van der Waals surface area contributed by atoms with E-state index in [0.717, 1.165) is 24.3 Å². The van der Waals surface area contributed by atoms with Crippen LogP contribution in [0.1, 0.15) is 32.1 Å². The van der Waals surface area contributed by atoms with Gasteiger partial charge in [-0.3, -0.25) is 14.5 Å². The molecule has 4 heteroatoms. The molecule has 4 atom stereocenters. The molecule has 1 saturated heterocycles. The molecule has 1 aliphatic heterocycles. The average Bonchev–Trinajstić information content (AvgIpc) is 2.98. The van der Waals surface area contributed by atoms with E-state index in [0.29, 0.717) is 6.42 Å². The summed E-state index contributed by atoms with van der Waals surface area (Å²) in [5.74, 6) is 2.44. The van der Waals surface area contributed by atoms with E-state index < -0.39 is 0 Å². The van der Waals surface area contributed by atoms with Gasteiger partial charge < -0.3 is 5.32 Å². The van der Waals surface area contributed by atoms with Crippen molar-refractivity contribution in [2.24, 2.45) is 17.8 Å². The summed E-state index contributed by atoms with van der Waals surface area (Å²) < 4.78 is 0.